The van der Waals surface area contributed by atoms with E-state index in [2.05, 4.69) is 15.0 Å². The van der Waals surface area contributed by atoms with Gasteiger partial charge in [-0.05, 0) is 30.3 Å². The van der Waals surface area contributed by atoms with E-state index in [1.54, 1.807) is 42.5 Å². The second-order valence-corrected chi connectivity index (χ2v) is 5.86. The summed E-state index contributed by atoms with van der Waals surface area (Å²) in [5.74, 6) is -0.720. The first-order valence-electron chi connectivity index (χ1n) is 7.46. The monoisotopic (exact) mass is 356 g/mol. The molecule has 0 aliphatic carbocycles. The van der Waals surface area contributed by atoms with Crippen molar-refractivity contribution in [2.75, 3.05) is 11.9 Å². The Hall–Kier alpha value is -2.86. The molecule has 126 valence electrons. The van der Waals surface area contributed by atoms with Crippen LogP contribution < -0.4 is 4.90 Å². The molecule has 0 aliphatic rings. The molecular formula is C18H14ClFN4O. The van der Waals surface area contributed by atoms with E-state index in [9.17, 15) is 9.18 Å². The summed E-state index contributed by atoms with van der Waals surface area (Å²) in [6.45, 7) is 0. The second-order valence-electron chi connectivity index (χ2n) is 5.42. The molecule has 0 saturated heterocycles. The van der Waals surface area contributed by atoms with Gasteiger partial charge >= 0.3 is 0 Å². The zero-order chi connectivity index (χ0) is 17.8. The van der Waals surface area contributed by atoms with Crippen molar-refractivity contribution in [2.24, 2.45) is 0 Å². The molecule has 2 heterocycles. The molecule has 0 aliphatic heterocycles. The molecule has 2 aromatic heterocycles. The van der Waals surface area contributed by atoms with Crippen LogP contribution in [0.15, 0.2) is 55.2 Å². The zero-order valence-corrected chi connectivity index (χ0v) is 14.1. The molecule has 5 nitrogen and oxygen atoms in total. The Balaban J connectivity index is 1.86. The van der Waals surface area contributed by atoms with Crippen molar-refractivity contribution < 1.29 is 9.18 Å². The average molecular weight is 357 g/mol. The summed E-state index contributed by atoms with van der Waals surface area (Å²) >= 11 is 5.79. The number of carbonyl (C=O) groups excluding carboxylic acids is 1. The Kier molecular flexibility index (Phi) is 5.00. The molecule has 3 aromatic rings. The van der Waals surface area contributed by atoms with Crippen LogP contribution in [0.2, 0.25) is 5.02 Å². The maximum Gasteiger partial charge on any atom is 0.168 e. The van der Waals surface area contributed by atoms with Gasteiger partial charge in [-0.15, -0.1) is 0 Å². The van der Waals surface area contributed by atoms with E-state index in [1.807, 2.05) is 0 Å². The standard InChI is InChI=1S/C18H14ClFN4O/c1-24(17-9-21-11-22-10-17)16-5-12(4-14(20)6-16)18(25)7-15-3-2-13(19)8-23-15/h2-6,8-11H,7H2,1H3. The van der Waals surface area contributed by atoms with Crippen LogP contribution in [0.5, 0.6) is 0 Å². The molecule has 25 heavy (non-hydrogen) atoms. The molecular weight excluding hydrogens is 343 g/mol. The normalized spacial score (nSPS) is 10.5. The van der Waals surface area contributed by atoms with Gasteiger partial charge in [-0.1, -0.05) is 11.6 Å². The summed E-state index contributed by atoms with van der Waals surface area (Å²) in [6, 6.07) is 7.54. The summed E-state index contributed by atoms with van der Waals surface area (Å²) in [5.41, 5.74) is 2.06. The van der Waals surface area contributed by atoms with E-state index in [0.29, 0.717) is 22.1 Å². The summed E-state index contributed by atoms with van der Waals surface area (Å²) in [6.07, 6.45) is 6.17. The minimum absolute atomic E-state index is 0.0677. The number of carbonyl (C=O) groups is 1. The summed E-state index contributed by atoms with van der Waals surface area (Å²) in [4.78, 5) is 26.2. The third-order valence-corrected chi connectivity index (χ3v) is 3.88. The summed E-state index contributed by atoms with van der Waals surface area (Å²) < 4.78 is 14.0. The number of nitrogens with zero attached hydrogens (tertiary/aromatic N) is 4. The quantitative estimate of drug-likeness (QED) is 0.650. The molecule has 0 radical (unpaired) electrons. The van der Waals surface area contributed by atoms with Gasteiger partial charge in [0.15, 0.2) is 5.78 Å². The van der Waals surface area contributed by atoms with Crippen LogP contribution in [0.4, 0.5) is 15.8 Å². The Morgan fingerprint density at radius 2 is 1.88 bits per heavy atom. The summed E-state index contributed by atoms with van der Waals surface area (Å²) in [7, 11) is 1.75. The van der Waals surface area contributed by atoms with E-state index in [-0.39, 0.29) is 17.8 Å². The van der Waals surface area contributed by atoms with Crippen molar-refractivity contribution in [3.8, 4) is 0 Å². The van der Waals surface area contributed by atoms with Gasteiger partial charge in [0.05, 0.1) is 29.5 Å². The Morgan fingerprint density at radius 1 is 1.12 bits per heavy atom. The highest BCUT2D eigenvalue weighted by atomic mass is 35.5. The number of hydrogen-bond donors (Lipinski definition) is 0. The van der Waals surface area contributed by atoms with Gasteiger partial charge in [0, 0.05) is 30.2 Å². The van der Waals surface area contributed by atoms with Crippen LogP contribution in [0.25, 0.3) is 0 Å². The lowest BCUT2D eigenvalue weighted by Gasteiger charge is -2.19. The smallest absolute Gasteiger partial charge is 0.168 e. The molecule has 0 fully saturated rings. The van der Waals surface area contributed by atoms with Crippen LogP contribution in [0.1, 0.15) is 16.1 Å². The largest absolute Gasteiger partial charge is 0.342 e. The number of Topliss-reactive ketones (excluding diaryl/α,β-unsaturated/α-hetero) is 1. The van der Waals surface area contributed by atoms with Crippen molar-refractivity contribution in [1.82, 2.24) is 15.0 Å². The molecule has 1 aromatic carbocycles. The van der Waals surface area contributed by atoms with E-state index >= 15 is 0 Å². The fraction of sp³-hybridized carbons (Fsp3) is 0.111. The van der Waals surface area contributed by atoms with Crippen LogP contribution >= 0.6 is 11.6 Å². The number of pyridine rings is 1. The maximum absolute atomic E-state index is 14.0. The van der Waals surface area contributed by atoms with Crippen molar-refractivity contribution >= 4 is 28.8 Å². The fourth-order valence-corrected chi connectivity index (χ4v) is 2.43. The van der Waals surface area contributed by atoms with Gasteiger partial charge in [0.1, 0.15) is 12.1 Å². The van der Waals surface area contributed by atoms with Crippen molar-refractivity contribution in [3.05, 3.63) is 77.3 Å². The predicted molar refractivity (Wildman–Crippen MR) is 93.8 cm³/mol. The lowest BCUT2D eigenvalue weighted by molar-refractivity contribution is 0.0991. The van der Waals surface area contributed by atoms with Gasteiger partial charge in [0.25, 0.3) is 0 Å². The number of ketones is 1. The molecule has 0 atom stereocenters. The van der Waals surface area contributed by atoms with Crippen LogP contribution in [-0.2, 0) is 6.42 Å². The summed E-state index contributed by atoms with van der Waals surface area (Å²) in [5, 5.41) is 0.496. The van der Waals surface area contributed by atoms with Crippen LogP contribution in [0, 0.1) is 5.82 Å². The van der Waals surface area contributed by atoms with Crippen LogP contribution in [-0.4, -0.2) is 27.8 Å². The number of benzene rings is 1. The lowest BCUT2D eigenvalue weighted by atomic mass is 10.0. The first kappa shape index (κ1) is 17.0. The van der Waals surface area contributed by atoms with E-state index in [0.717, 1.165) is 0 Å². The molecule has 0 N–H and O–H groups in total. The molecule has 3 rings (SSSR count). The van der Waals surface area contributed by atoms with Crippen molar-refractivity contribution in [2.45, 2.75) is 6.42 Å². The molecule has 0 unspecified atom stereocenters. The van der Waals surface area contributed by atoms with Crippen molar-refractivity contribution in [3.63, 3.8) is 0 Å². The molecule has 0 saturated carbocycles. The second kappa shape index (κ2) is 7.36. The Labute approximate surface area is 149 Å². The molecule has 0 bridgehead atoms. The zero-order valence-electron chi connectivity index (χ0n) is 13.4. The van der Waals surface area contributed by atoms with Gasteiger partial charge in [-0.2, -0.15) is 0 Å². The molecule has 0 spiro atoms. The van der Waals surface area contributed by atoms with Crippen LogP contribution in [0.3, 0.4) is 0 Å². The highest BCUT2D eigenvalue weighted by Gasteiger charge is 2.13. The lowest BCUT2D eigenvalue weighted by Crippen LogP contribution is -2.12. The molecule has 0 amide bonds. The number of halogens is 2. The van der Waals surface area contributed by atoms with E-state index < -0.39 is 5.82 Å². The van der Waals surface area contributed by atoms with Gasteiger partial charge in [-0.3, -0.25) is 9.78 Å². The third kappa shape index (κ3) is 4.16. The highest BCUT2D eigenvalue weighted by Crippen LogP contribution is 2.25. The minimum atomic E-state index is -0.492. The first-order valence-corrected chi connectivity index (χ1v) is 7.83. The number of hydrogen-bond acceptors (Lipinski definition) is 5. The SMILES string of the molecule is CN(c1cncnc1)c1cc(F)cc(C(=O)Cc2ccc(Cl)cn2)c1. The topological polar surface area (TPSA) is 59.0 Å². The Morgan fingerprint density at radius 3 is 2.56 bits per heavy atom. The molecule has 7 heteroatoms. The fourth-order valence-electron chi connectivity index (χ4n) is 2.32. The number of rotatable bonds is 5. The average Bonchev–Trinajstić information content (AvgIpc) is 2.63. The van der Waals surface area contributed by atoms with E-state index in [4.69, 9.17) is 11.6 Å². The maximum atomic E-state index is 14.0. The predicted octanol–water partition coefficient (Wildman–Crippen LogP) is 3.86. The van der Waals surface area contributed by atoms with Gasteiger partial charge in [-0.25, -0.2) is 14.4 Å². The highest BCUT2D eigenvalue weighted by molar-refractivity contribution is 6.30. The minimum Gasteiger partial charge on any atom is -0.342 e. The van der Waals surface area contributed by atoms with Gasteiger partial charge in [0.2, 0.25) is 0 Å². The van der Waals surface area contributed by atoms with Gasteiger partial charge < -0.3 is 4.90 Å². The number of anilines is 2. The third-order valence-electron chi connectivity index (χ3n) is 3.66. The number of aromatic nitrogens is 3. The van der Waals surface area contributed by atoms with Crippen molar-refractivity contribution in [1.29, 1.82) is 0 Å². The Bertz CT molecular complexity index is 887. The van der Waals surface area contributed by atoms with E-state index in [1.165, 1.54) is 24.7 Å². The first-order chi connectivity index (χ1) is 12.0.